The molecule has 0 aromatic heterocycles. The lowest BCUT2D eigenvalue weighted by Crippen LogP contribution is -2.44. The molecule has 0 saturated carbocycles. The third-order valence-electron chi connectivity index (χ3n) is 9.17. The molecule has 0 fully saturated rings. The molecule has 2 aliphatic carbocycles. The molecule has 3 aliphatic rings. The maximum atomic E-state index is 14.3. The third kappa shape index (κ3) is 6.44. The van der Waals surface area contributed by atoms with Crippen LogP contribution in [0.1, 0.15) is 82.9 Å². The van der Waals surface area contributed by atoms with Crippen molar-refractivity contribution in [2.24, 2.45) is 10.8 Å². The van der Waals surface area contributed by atoms with E-state index in [1.165, 1.54) is 12.1 Å². The Morgan fingerprint density at radius 3 is 1.96 bits per heavy atom. The summed E-state index contributed by atoms with van der Waals surface area (Å²) >= 11 is 3.74. The second-order valence-electron chi connectivity index (χ2n) is 14.3. The molecule has 6 rings (SSSR count). The number of carbonyl (C=O) groups excluding carboxylic acids is 2. The summed E-state index contributed by atoms with van der Waals surface area (Å²) in [6, 6.07) is 20.4. The summed E-state index contributed by atoms with van der Waals surface area (Å²) < 4.78 is 26.5. The number of halogens is 2. The molecule has 0 bridgehead atoms. The normalized spacial score (nSPS) is 19.2. The van der Waals surface area contributed by atoms with E-state index in [-0.39, 0.29) is 34.8 Å². The van der Waals surface area contributed by atoms with Crippen LogP contribution in [0.3, 0.4) is 0 Å². The van der Waals surface area contributed by atoms with Crippen LogP contribution < -0.4 is 9.47 Å². The molecule has 0 spiro atoms. The summed E-state index contributed by atoms with van der Waals surface area (Å²) in [6.07, 6.45) is 2.31. The maximum Gasteiger partial charge on any atom is 0.175 e. The first-order valence-corrected chi connectivity index (χ1v) is 16.8. The number of allylic oxidation sites excluding steroid dienone is 4. The van der Waals surface area contributed by atoms with Crippen LogP contribution in [-0.4, -0.2) is 23.1 Å². The molecule has 7 heteroatoms. The summed E-state index contributed by atoms with van der Waals surface area (Å²) in [7, 11) is 0. The molecule has 5 nitrogen and oxygen atoms in total. The van der Waals surface area contributed by atoms with Crippen molar-refractivity contribution in [3.05, 3.63) is 116 Å². The lowest BCUT2D eigenvalue weighted by molar-refractivity contribution is -0.119. The van der Waals surface area contributed by atoms with Gasteiger partial charge in [0.15, 0.2) is 23.1 Å². The van der Waals surface area contributed by atoms with Gasteiger partial charge >= 0.3 is 0 Å². The van der Waals surface area contributed by atoms with Crippen LogP contribution in [0, 0.1) is 16.6 Å². The highest BCUT2D eigenvalue weighted by Crippen LogP contribution is 2.56. The second kappa shape index (κ2) is 12.5. The van der Waals surface area contributed by atoms with E-state index in [0.29, 0.717) is 42.0 Å². The van der Waals surface area contributed by atoms with Crippen molar-refractivity contribution in [3.8, 4) is 11.5 Å². The molecule has 0 unspecified atom stereocenters. The molecule has 3 aromatic carbocycles. The summed E-state index contributed by atoms with van der Waals surface area (Å²) in [4.78, 5) is 30.8. The highest BCUT2D eigenvalue weighted by Gasteiger charge is 2.49. The topological polar surface area (TPSA) is 55.8 Å². The van der Waals surface area contributed by atoms with E-state index in [1.807, 2.05) is 37.3 Å². The predicted molar refractivity (Wildman–Crippen MR) is 181 cm³/mol. The minimum atomic E-state index is -0.508. The smallest absolute Gasteiger partial charge is 0.175 e. The van der Waals surface area contributed by atoms with E-state index >= 15 is 0 Å². The second-order valence-corrected chi connectivity index (χ2v) is 15.1. The first-order chi connectivity index (χ1) is 21.9. The summed E-state index contributed by atoms with van der Waals surface area (Å²) in [5.41, 5.74) is 5.83. The van der Waals surface area contributed by atoms with Gasteiger partial charge in [-0.1, -0.05) is 70.2 Å². The third-order valence-corrected chi connectivity index (χ3v) is 9.76. The number of carbonyl (C=O) groups is 2. The van der Waals surface area contributed by atoms with Crippen LogP contribution in [-0.2, 0) is 22.7 Å². The summed E-state index contributed by atoms with van der Waals surface area (Å²) in [6.45, 7) is 11.8. The number of hydrogen-bond acceptors (Lipinski definition) is 5. The average molecular weight is 687 g/mol. The van der Waals surface area contributed by atoms with Crippen molar-refractivity contribution in [2.45, 2.75) is 79.4 Å². The standard InChI is InChI=1S/C39H41BrFNO4/c1-6-45-33-17-26(16-28(40)37(33)46-23-25-12-14-27(41)15-13-25)34-35-29(18-38(2,3)20-31(35)43)42(22-24-10-8-7-9-11-24)30-19-39(4,5)21-32(44)36(30)34/h7-17,34H,6,18-23H2,1-5H3. The van der Waals surface area contributed by atoms with Gasteiger partial charge in [-0.3, -0.25) is 9.59 Å². The fourth-order valence-corrected chi connectivity index (χ4v) is 7.81. The van der Waals surface area contributed by atoms with Crippen LogP contribution in [0.15, 0.2) is 93.7 Å². The fraction of sp³-hybridized carbons (Fsp3) is 0.385. The van der Waals surface area contributed by atoms with E-state index in [2.05, 4.69) is 60.7 Å². The quantitative estimate of drug-likeness (QED) is 0.236. The molecule has 0 N–H and O–H groups in total. The van der Waals surface area contributed by atoms with E-state index in [4.69, 9.17) is 9.47 Å². The minimum Gasteiger partial charge on any atom is -0.490 e. The predicted octanol–water partition coefficient (Wildman–Crippen LogP) is 9.45. The Bertz CT molecular complexity index is 1690. The van der Waals surface area contributed by atoms with Gasteiger partial charge in [0, 0.05) is 47.8 Å². The monoisotopic (exact) mass is 685 g/mol. The average Bonchev–Trinajstić information content (AvgIpc) is 2.97. The molecule has 0 radical (unpaired) electrons. The Morgan fingerprint density at radius 2 is 1.39 bits per heavy atom. The van der Waals surface area contributed by atoms with Crippen molar-refractivity contribution < 1.29 is 23.5 Å². The molecule has 3 aromatic rings. The zero-order chi connectivity index (χ0) is 32.8. The van der Waals surface area contributed by atoms with Crippen molar-refractivity contribution in [1.82, 2.24) is 4.90 Å². The van der Waals surface area contributed by atoms with E-state index in [9.17, 15) is 14.0 Å². The van der Waals surface area contributed by atoms with Crippen LogP contribution >= 0.6 is 15.9 Å². The molecule has 46 heavy (non-hydrogen) atoms. The molecule has 240 valence electrons. The number of Topliss-reactive ketones (excluding diaryl/α,β-unsaturated/α-hetero) is 2. The van der Waals surface area contributed by atoms with E-state index in [1.54, 1.807) is 12.1 Å². The molecule has 1 aliphatic heterocycles. The maximum absolute atomic E-state index is 14.3. The van der Waals surface area contributed by atoms with Crippen molar-refractivity contribution in [1.29, 1.82) is 0 Å². The van der Waals surface area contributed by atoms with Crippen LogP contribution in [0.25, 0.3) is 0 Å². The van der Waals surface area contributed by atoms with E-state index in [0.717, 1.165) is 52.1 Å². The molecular formula is C39H41BrFNO4. The van der Waals surface area contributed by atoms with Gasteiger partial charge in [0.25, 0.3) is 0 Å². The Morgan fingerprint density at radius 1 is 0.804 bits per heavy atom. The molecule has 0 saturated heterocycles. The minimum absolute atomic E-state index is 0.0872. The number of rotatable bonds is 8. The zero-order valence-corrected chi connectivity index (χ0v) is 28.8. The Hall–Kier alpha value is -3.71. The van der Waals surface area contributed by atoms with Crippen LogP contribution in [0.5, 0.6) is 11.5 Å². The number of nitrogens with zero attached hydrogens (tertiary/aromatic N) is 1. The highest BCUT2D eigenvalue weighted by molar-refractivity contribution is 9.10. The molecule has 1 heterocycles. The summed E-state index contributed by atoms with van der Waals surface area (Å²) in [5.74, 6) is 0.409. The van der Waals surface area contributed by atoms with Gasteiger partial charge in [0.2, 0.25) is 0 Å². The fourth-order valence-electron chi connectivity index (χ4n) is 7.23. The Labute approximate surface area is 279 Å². The largest absolute Gasteiger partial charge is 0.490 e. The molecule has 0 amide bonds. The van der Waals surface area contributed by atoms with Gasteiger partial charge < -0.3 is 14.4 Å². The zero-order valence-electron chi connectivity index (χ0n) is 27.2. The number of ether oxygens (including phenoxy) is 2. The first-order valence-electron chi connectivity index (χ1n) is 16.0. The Kier molecular flexibility index (Phi) is 8.75. The van der Waals surface area contributed by atoms with Gasteiger partial charge in [-0.15, -0.1) is 0 Å². The SMILES string of the molecule is CCOc1cc(C2C3=C(CC(C)(C)CC3=O)N(Cc3ccccc3)C3=C2C(=O)CC(C)(C)C3)cc(Br)c1OCc1ccc(F)cc1. The van der Waals surface area contributed by atoms with Gasteiger partial charge in [-0.2, -0.15) is 0 Å². The van der Waals surface area contributed by atoms with Gasteiger partial charge in [-0.05, 0) is 87.5 Å². The van der Waals surface area contributed by atoms with Gasteiger partial charge in [0.05, 0.1) is 11.1 Å². The Balaban J connectivity index is 1.51. The van der Waals surface area contributed by atoms with Crippen molar-refractivity contribution >= 4 is 27.5 Å². The first kappa shape index (κ1) is 32.2. The van der Waals surface area contributed by atoms with Crippen molar-refractivity contribution in [2.75, 3.05) is 6.61 Å². The number of hydrogen-bond donors (Lipinski definition) is 0. The van der Waals surface area contributed by atoms with Gasteiger partial charge in [0.1, 0.15) is 12.4 Å². The molecular weight excluding hydrogens is 645 g/mol. The molecule has 0 atom stereocenters. The lowest BCUT2D eigenvalue weighted by atomic mass is 9.63. The van der Waals surface area contributed by atoms with Crippen LogP contribution in [0.2, 0.25) is 0 Å². The van der Waals surface area contributed by atoms with Gasteiger partial charge in [-0.25, -0.2) is 4.39 Å². The summed E-state index contributed by atoms with van der Waals surface area (Å²) in [5, 5.41) is 0. The van der Waals surface area contributed by atoms with Crippen LogP contribution in [0.4, 0.5) is 4.39 Å². The van der Waals surface area contributed by atoms with Crippen molar-refractivity contribution in [3.63, 3.8) is 0 Å². The number of benzene rings is 3. The van der Waals surface area contributed by atoms with E-state index < -0.39 is 5.92 Å². The number of ketones is 2. The highest BCUT2D eigenvalue weighted by atomic mass is 79.9. The lowest BCUT2D eigenvalue weighted by Gasteiger charge is -2.49.